The first-order valence-electron chi connectivity index (χ1n) is 5.51. The van der Waals surface area contributed by atoms with Crippen molar-refractivity contribution < 1.29 is 9.53 Å². The van der Waals surface area contributed by atoms with Crippen molar-refractivity contribution in [3.8, 4) is 5.75 Å². The van der Waals surface area contributed by atoms with Gasteiger partial charge in [-0.3, -0.25) is 4.79 Å². The minimum absolute atomic E-state index is 0.0146. The lowest BCUT2D eigenvalue weighted by molar-refractivity contribution is -0.120. The van der Waals surface area contributed by atoms with Crippen molar-refractivity contribution in [1.82, 2.24) is 9.55 Å². The third-order valence-electron chi connectivity index (χ3n) is 2.49. The summed E-state index contributed by atoms with van der Waals surface area (Å²) in [6.07, 6.45) is 3.75. The number of aromatic nitrogens is 2. The van der Waals surface area contributed by atoms with E-state index < -0.39 is 0 Å². The molecule has 0 N–H and O–H groups in total. The standard InChI is InChI=1S/C13H13ClN2O2/c1-16-7-6-15-13(16)8-11(17)9-18-12-4-2-10(14)3-5-12/h2-7H,8-9H2,1H3. The van der Waals surface area contributed by atoms with Crippen molar-refractivity contribution in [3.05, 3.63) is 47.5 Å². The molecule has 0 amide bonds. The second-order valence-electron chi connectivity index (χ2n) is 3.91. The molecule has 2 aromatic rings. The Hall–Kier alpha value is -1.81. The molecule has 4 nitrogen and oxygen atoms in total. The van der Waals surface area contributed by atoms with Crippen LogP contribution in [0.15, 0.2) is 36.7 Å². The highest BCUT2D eigenvalue weighted by molar-refractivity contribution is 6.30. The largest absolute Gasteiger partial charge is 0.486 e. The van der Waals surface area contributed by atoms with E-state index in [2.05, 4.69) is 4.98 Å². The minimum atomic E-state index is -0.0146. The van der Waals surface area contributed by atoms with Gasteiger partial charge in [0.15, 0.2) is 5.78 Å². The van der Waals surface area contributed by atoms with Crippen LogP contribution in [0.3, 0.4) is 0 Å². The zero-order valence-corrected chi connectivity index (χ0v) is 10.7. The van der Waals surface area contributed by atoms with Crippen LogP contribution in [0.1, 0.15) is 5.82 Å². The van der Waals surface area contributed by atoms with Crippen LogP contribution in [0.25, 0.3) is 0 Å². The molecule has 0 saturated carbocycles. The second-order valence-corrected chi connectivity index (χ2v) is 4.35. The van der Waals surface area contributed by atoms with Crippen LogP contribution >= 0.6 is 11.6 Å². The van der Waals surface area contributed by atoms with Crippen molar-refractivity contribution in [2.24, 2.45) is 7.05 Å². The number of ether oxygens (including phenoxy) is 1. The number of Topliss-reactive ketones (excluding diaryl/α,β-unsaturated/α-hetero) is 1. The first-order chi connectivity index (χ1) is 8.65. The molecule has 0 fully saturated rings. The number of carbonyl (C=O) groups is 1. The summed E-state index contributed by atoms with van der Waals surface area (Å²) in [6, 6.07) is 6.91. The molecule has 0 saturated heterocycles. The van der Waals surface area contributed by atoms with Gasteiger partial charge in [-0.15, -0.1) is 0 Å². The Morgan fingerprint density at radius 2 is 2.11 bits per heavy atom. The molecular weight excluding hydrogens is 252 g/mol. The maximum Gasteiger partial charge on any atom is 0.177 e. The van der Waals surface area contributed by atoms with Gasteiger partial charge in [-0.05, 0) is 24.3 Å². The fourth-order valence-corrected chi connectivity index (χ4v) is 1.61. The van der Waals surface area contributed by atoms with Crippen LogP contribution in [-0.4, -0.2) is 21.9 Å². The maximum atomic E-state index is 11.7. The Morgan fingerprint density at radius 1 is 1.39 bits per heavy atom. The second kappa shape index (κ2) is 5.69. The molecule has 0 unspecified atom stereocenters. The lowest BCUT2D eigenvalue weighted by Crippen LogP contribution is -2.16. The smallest absolute Gasteiger partial charge is 0.177 e. The van der Waals surface area contributed by atoms with Crippen molar-refractivity contribution in [3.63, 3.8) is 0 Å². The summed E-state index contributed by atoms with van der Waals surface area (Å²) in [5, 5.41) is 0.640. The number of imidazole rings is 1. The highest BCUT2D eigenvalue weighted by atomic mass is 35.5. The number of rotatable bonds is 5. The van der Waals surface area contributed by atoms with E-state index in [0.717, 1.165) is 5.82 Å². The van der Waals surface area contributed by atoms with Gasteiger partial charge in [0.2, 0.25) is 0 Å². The molecule has 0 aliphatic rings. The SMILES string of the molecule is Cn1ccnc1CC(=O)COc1ccc(Cl)cc1. The molecule has 0 aliphatic carbocycles. The topological polar surface area (TPSA) is 44.1 Å². The number of nitrogens with zero attached hydrogens (tertiary/aromatic N) is 2. The molecule has 0 spiro atoms. The fraction of sp³-hybridized carbons (Fsp3) is 0.231. The van der Waals surface area contributed by atoms with E-state index in [1.807, 2.05) is 17.8 Å². The Bertz CT molecular complexity index is 534. The van der Waals surface area contributed by atoms with Gasteiger partial charge in [-0.2, -0.15) is 0 Å². The summed E-state index contributed by atoms with van der Waals surface area (Å²) in [7, 11) is 1.86. The Kier molecular flexibility index (Phi) is 3.99. The molecule has 0 bridgehead atoms. The number of aryl methyl sites for hydroxylation is 1. The molecule has 0 aliphatic heterocycles. The van der Waals surface area contributed by atoms with Crippen molar-refractivity contribution in [2.45, 2.75) is 6.42 Å². The number of hydrogen-bond donors (Lipinski definition) is 0. The van der Waals surface area contributed by atoms with Crippen LogP contribution in [0.4, 0.5) is 0 Å². The predicted molar refractivity (Wildman–Crippen MR) is 68.9 cm³/mol. The van der Waals surface area contributed by atoms with Gasteiger partial charge in [-0.1, -0.05) is 11.6 Å². The zero-order valence-electron chi connectivity index (χ0n) is 9.97. The van der Waals surface area contributed by atoms with Gasteiger partial charge in [0.1, 0.15) is 18.2 Å². The van der Waals surface area contributed by atoms with E-state index in [4.69, 9.17) is 16.3 Å². The van der Waals surface area contributed by atoms with Crippen molar-refractivity contribution in [2.75, 3.05) is 6.61 Å². The highest BCUT2D eigenvalue weighted by Gasteiger charge is 2.08. The summed E-state index contributed by atoms with van der Waals surface area (Å²) >= 11 is 5.75. The summed E-state index contributed by atoms with van der Waals surface area (Å²) in [6.45, 7) is 0.0362. The van der Waals surface area contributed by atoms with Crippen LogP contribution in [-0.2, 0) is 18.3 Å². The fourth-order valence-electron chi connectivity index (χ4n) is 1.49. The first-order valence-corrected chi connectivity index (χ1v) is 5.89. The van der Waals surface area contributed by atoms with E-state index >= 15 is 0 Å². The molecular formula is C13H13ClN2O2. The van der Waals surface area contributed by atoms with Gasteiger partial charge in [0.05, 0.1) is 6.42 Å². The number of benzene rings is 1. The van der Waals surface area contributed by atoms with E-state index in [1.54, 1.807) is 30.5 Å². The van der Waals surface area contributed by atoms with E-state index in [9.17, 15) is 4.79 Å². The van der Waals surface area contributed by atoms with Gasteiger partial charge in [-0.25, -0.2) is 4.98 Å². The Labute approximate surface area is 110 Å². The molecule has 94 valence electrons. The van der Waals surface area contributed by atoms with Gasteiger partial charge >= 0.3 is 0 Å². The number of hydrogen-bond acceptors (Lipinski definition) is 3. The number of carbonyl (C=O) groups excluding carboxylic acids is 1. The molecule has 5 heteroatoms. The van der Waals surface area contributed by atoms with Gasteiger partial charge in [0.25, 0.3) is 0 Å². The highest BCUT2D eigenvalue weighted by Crippen LogP contribution is 2.15. The normalized spacial score (nSPS) is 10.3. The minimum Gasteiger partial charge on any atom is -0.486 e. The molecule has 1 aromatic heterocycles. The number of halogens is 1. The third-order valence-corrected chi connectivity index (χ3v) is 2.74. The lowest BCUT2D eigenvalue weighted by Gasteiger charge is -2.05. The molecule has 1 heterocycles. The van der Waals surface area contributed by atoms with Crippen LogP contribution in [0.2, 0.25) is 5.02 Å². The summed E-state index contributed by atoms with van der Waals surface area (Å²) in [5.41, 5.74) is 0. The average molecular weight is 265 g/mol. The molecule has 0 radical (unpaired) electrons. The summed E-state index contributed by atoms with van der Waals surface area (Å²) in [5.74, 6) is 1.35. The molecule has 0 atom stereocenters. The van der Waals surface area contributed by atoms with Crippen molar-refractivity contribution in [1.29, 1.82) is 0 Å². The van der Waals surface area contributed by atoms with E-state index in [0.29, 0.717) is 10.8 Å². The van der Waals surface area contributed by atoms with Gasteiger partial charge < -0.3 is 9.30 Å². The van der Waals surface area contributed by atoms with Crippen LogP contribution < -0.4 is 4.74 Å². The quantitative estimate of drug-likeness (QED) is 0.832. The monoisotopic (exact) mass is 264 g/mol. The van der Waals surface area contributed by atoms with Gasteiger partial charge in [0, 0.05) is 24.5 Å². The average Bonchev–Trinajstić information content (AvgIpc) is 2.74. The molecule has 18 heavy (non-hydrogen) atoms. The summed E-state index contributed by atoms with van der Waals surface area (Å²) < 4.78 is 7.19. The Balaban J connectivity index is 1.85. The van der Waals surface area contributed by atoms with Crippen molar-refractivity contribution >= 4 is 17.4 Å². The third kappa shape index (κ3) is 3.34. The van der Waals surface area contributed by atoms with E-state index in [-0.39, 0.29) is 18.8 Å². The zero-order chi connectivity index (χ0) is 13.0. The maximum absolute atomic E-state index is 11.7. The molecule has 1 aromatic carbocycles. The van der Waals surface area contributed by atoms with Crippen LogP contribution in [0, 0.1) is 0 Å². The molecule has 2 rings (SSSR count). The number of ketones is 1. The van der Waals surface area contributed by atoms with E-state index in [1.165, 1.54) is 0 Å². The lowest BCUT2D eigenvalue weighted by atomic mass is 10.3. The Morgan fingerprint density at radius 3 is 2.72 bits per heavy atom. The predicted octanol–water partition coefficient (Wildman–Crippen LogP) is 2.26. The van der Waals surface area contributed by atoms with Crippen LogP contribution in [0.5, 0.6) is 5.75 Å². The summed E-state index contributed by atoms with van der Waals surface area (Å²) in [4.78, 5) is 15.8. The first kappa shape index (κ1) is 12.6.